The van der Waals surface area contributed by atoms with Crippen LogP contribution in [0.1, 0.15) is 18.4 Å². The molecule has 1 unspecified atom stereocenters. The minimum Gasteiger partial charge on any atom is -0.340 e. The molecule has 136 valence electrons. The van der Waals surface area contributed by atoms with E-state index < -0.39 is 11.0 Å². The van der Waals surface area contributed by atoms with Gasteiger partial charge in [-0.3, -0.25) is 14.9 Å². The first kappa shape index (κ1) is 18.7. The Morgan fingerprint density at radius 2 is 2.00 bits per heavy atom. The van der Waals surface area contributed by atoms with Gasteiger partial charge >= 0.3 is 6.03 Å². The van der Waals surface area contributed by atoms with Crippen molar-refractivity contribution in [3.05, 3.63) is 39.9 Å². The summed E-state index contributed by atoms with van der Waals surface area (Å²) in [5.74, 6) is -0.106. The maximum absolute atomic E-state index is 12.1. The summed E-state index contributed by atoms with van der Waals surface area (Å²) in [7, 11) is 1.88. The molecule has 0 spiro atoms. The van der Waals surface area contributed by atoms with Crippen LogP contribution in [0.3, 0.4) is 0 Å². The van der Waals surface area contributed by atoms with Gasteiger partial charge in [0.2, 0.25) is 5.91 Å². The van der Waals surface area contributed by atoms with E-state index in [0.29, 0.717) is 19.1 Å². The van der Waals surface area contributed by atoms with Gasteiger partial charge in [0.25, 0.3) is 5.69 Å². The molecule has 1 atom stereocenters. The van der Waals surface area contributed by atoms with Crippen LogP contribution in [0.2, 0.25) is 0 Å². The van der Waals surface area contributed by atoms with Crippen LogP contribution in [0.5, 0.6) is 0 Å². The predicted molar refractivity (Wildman–Crippen MR) is 92.0 cm³/mol. The minimum absolute atomic E-state index is 0.000188. The van der Waals surface area contributed by atoms with Crippen molar-refractivity contribution in [3.8, 4) is 0 Å². The van der Waals surface area contributed by atoms with Gasteiger partial charge in [0, 0.05) is 37.8 Å². The van der Waals surface area contributed by atoms with Crippen molar-refractivity contribution in [2.24, 2.45) is 0 Å². The Morgan fingerprint density at radius 3 is 2.64 bits per heavy atom. The maximum Gasteiger partial charge on any atom is 0.315 e. The topological polar surface area (TPSA) is 117 Å². The quantitative estimate of drug-likeness (QED) is 0.514. The first-order valence-corrected chi connectivity index (χ1v) is 8.19. The predicted octanol–water partition coefficient (Wildman–Crippen LogP) is 0.604. The maximum atomic E-state index is 12.1. The number of nitrogens with zero attached hydrogens (tertiary/aromatic N) is 2. The zero-order valence-electron chi connectivity index (χ0n) is 14.2. The number of piperidine rings is 1. The number of rotatable bonds is 6. The average Bonchev–Trinajstić information content (AvgIpc) is 2.64. The Morgan fingerprint density at radius 1 is 1.28 bits per heavy atom. The molecule has 1 aromatic rings. The molecule has 1 heterocycles. The van der Waals surface area contributed by atoms with E-state index in [2.05, 4.69) is 16.0 Å². The van der Waals surface area contributed by atoms with E-state index in [-0.39, 0.29) is 24.7 Å². The first-order valence-electron chi connectivity index (χ1n) is 8.19. The Kier molecular flexibility index (Phi) is 6.70. The second-order valence-corrected chi connectivity index (χ2v) is 5.93. The molecule has 1 aliphatic heterocycles. The largest absolute Gasteiger partial charge is 0.340 e. The molecule has 9 nitrogen and oxygen atoms in total. The Hall–Kier alpha value is -2.68. The number of likely N-dealkylation sites (N-methyl/N-ethyl adjacent to an activating group) is 1. The van der Waals surface area contributed by atoms with E-state index in [1.807, 2.05) is 7.05 Å². The van der Waals surface area contributed by atoms with E-state index in [9.17, 15) is 19.7 Å². The lowest BCUT2D eigenvalue weighted by molar-refractivity contribution is -0.384. The van der Waals surface area contributed by atoms with E-state index in [1.54, 1.807) is 17.0 Å². The number of amides is 3. The van der Waals surface area contributed by atoms with E-state index >= 15 is 0 Å². The van der Waals surface area contributed by atoms with Gasteiger partial charge in [-0.1, -0.05) is 12.1 Å². The van der Waals surface area contributed by atoms with Crippen LogP contribution in [-0.4, -0.2) is 54.5 Å². The molecule has 1 aromatic carbocycles. The van der Waals surface area contributed by atoms with Crippen LogP contribution < -0.4 is 16.0 Å². The van der Waals surface area contributed by atoms with Gasteiger partial charge in [0.1, 0.15) is 0 Å². The van der Waals surface area contributed by atoms with Crippen LogP contribution in [-0.2, 0) is 11.3 Å². The Bertz CT molecular complexity index is 619. The van der Waals surface area contributed by atoms with Gasteiger partial charge in [0.05, 0.1) is 11.5 Å². The van der Waals surface area contributed by atoms with Crippen molar-refractivity contribution in [1.82, 2.24) is 20.9 Å². The summed E-state index contributed by atoms with van der Waals surface area (Å²) >= 11 is 0. The van der Waals surface area contributed by atoms with E-state index in [1.165, 1.54) is 12.1 Å². The number of benzene rings is 1. The number of likely N-dealkylation sites (tertiary alicyclic amines) is 1. The van der Waals surface area contributed by atoms with Crippen molar-refractivity contribution in [2.75, 3.05) is 26.7 Å². The van der Waals surface area contributed by atoms with Crippen molar-refractivity contribution in [2.45, 2.75) is 25.4 Å². The number of urea groups is 1. The SMILES string of the molecule is CNC1CCCN(C(=O)CNC(=O)NCc2ccc([N+](=O)[O-])cc2)C1. The van der Waals surface area contributed by atoms with Gasteiger partial charge in [-0.05, 0) is 25.5 Å². The summed E-state index contributed by atoms with van der Waals surface area (Å²) in [5, 5.41) is 18.9. The van der Waals surface area contributed by atoms with E-state index in [0.717, 1.165) is 18.4 Å². The van der Waals surface area contributed by atoms with Crippen molar-refractivity contribution < 1.29 is 14.5 Å². The highest BCUT2D eigenvalue weighted by atomic mass is 16.6. The van der Waals surface area contributed by atoms with Crippen LogP contribution in [0.15, 0.2) is 24.3 Å². The lowest BCUT2D eigenvalue weighted by atomic mass is 10.1. The summed E-state index contributed by atoms with van der Waals surface area (Å²) in [6.45, 7) is 1.54. The molecular formula is C16H23N5O4. The molecule has 3 N–H and O–H groups in total. The summed E-state index contributed by atoms with van der Waals surface area (Å²) in [6, 6.07) is 5.77. The second-order valence-electron chi connectivity index (χ2n) is 5.93. The fourth-order valence-corrected chi connectivity index (χ4v) is 2.69. The highest BCUT2D eigenvalue weighted by Crippen LogP contribution is 2.11. The smallest absolute Gasteiger partial charge is 0.315 e. The summed E-state index contributed by atoms with van der Waals surface area (Å²) < 4.78 is 0. The number of hydrogen-bond donors (Lipinski definition) is 3. The summed E-state index contributed by atoms with van der Waals surface area (Å²) in [4.78, 5) is 35.8. The molecule has 0 aliphatic carbocycles. The van der Waals surface area contributed by atoms with Crippen LogP contribution in [0.25, 0.3) is 0 Å². The van der Waals surface area contributed by atoms with Gasteiger partial charge in [-0.15, -0.1) is 0 Å². The third-order valence-corrected chi connectivity index (χ3v) is 4.18. The zero-order chi connectivity index (χ0) is 18.2. The summed E-state index contributed by atoms with van der Waals surface area (Å²) in [6.07, 6.45) is 1.99. The number of carbonyl (C=O) groups is 2. The molecule has 0 saturated carbocycles. The number of carbonyl (C=O) groups excluding carboxylic acids is 2. The lowest BCUT2D eigenvalue weighted by Gasteiger charge is -2.32. The van der Waals surface area contributed by atoms with Gasteiger partial charge in [-0.25, -0.2) is 4.79 Å². The van der Waals surface area contributed by atoms with Gasteiger partial charge in [0.15, 0.2) is 0 Å². The molecule has 3 amide bonds. The fraction of sp³-hybridized carbons (Fsp3) is 0.500. The molecule has 9 heteroatoms. The third kappa shape index (κ3) is 5.71. The molecule has 1 saturated heterocycles. The average molecular weight is 349 g/mol. The second kappa shape index (κ2) is 8.97. The van der Waals surface area contributed by atoms with E-state index in [4.69, 9.17) is 0 Å². The number of nitro benzene ring substituents is 1. The first-order chi connectivity index (χ1) is 12.0. The number of nitro groups is 1. The lowest BCUT2D eigenvalue weighted by Crippen LogP contribution is -2.50. The number of nitrogens with one attached hydrogen (secondary N) is 3. The molecule has 0 bridgehead atoms. The molecule has 1 fully saturated rings. The number of non-ortho nitro benzene ring substituents is 1. The molecular weight excluding hydrogens is 326 g/mol. The number of hydrogen-bond acceptors (Lipinski definition) is 5. The highest BCUT2D eigenvalue weighted by Gasteiger charge is 2.22. The summed E-state index contributed by atoms with van der Waals surface area (Å²) in [5.41, 5.74) is 0.736. The molecule has 0 radical (unpaired) electrons. The Labute approximate surface area is 145 Å². The monoisotopic (exact) mass is 349 g/mol. The van der Waals surface area contributed by atoms with Gasteiger partial charge < -0.3 is 20.9 Å². The molecule has 2 rings (SSSR count). The molecule has 1 aliphatic rings. The van der Waals surface area contributed by atoms with Crippen molar-refractivity contribution in [3.63, 3.8) is 0 Å². The zero-order valence-corrected chi connectivity index (χ0v) is 14.2. The normalized spacial score (nSPS) is 17.0. The minimum atomic E-state index is -0.477. The Balaban J connectivity index is 1.71. The van der Waals surface area contributed by atoms with Crippen molar-refractivity contribution >= 4 is 17.6 Å². The van der Waals surface area contributed by atoms with Crippen LogP contribution in [0, 0.1) is 10.1 Å². The van der Waals surface area contributed by atoms with Gasteiger partial charge in [-0.2, -0.15) is 0 Å². The van der Waals surface area contributed by atoms with Crippen LogP contribution >= 0.6 is 0 Å². The standard InChI is InChI=1S/C16H23N5O4/c1-17-13-3-2-8-20(11-13)15(22)10-19-16(23)18-9-12-4-6-14(7-5-12)21(24)25/h4-7,13,17H,2-3,8-11H2,1H3,(H2,18,19,23). The highest BCUT2D eigenvalue weighted by molar-refractivity contribution is 5.84. The molecule has 25 heavy (non-hydrogen) atoms. The fourth-order valence-electron chi connectivity index (χ4n) is 2.69. The van der Waals surface area contributed by atoms with Crippen molar-refractivity contribution in [1.29, 1.82) is 0 Å². The van der Waals surface area contributed by atoms with Crippen LogP contribution in [0.4, 0.5) is 10.5 Å². The third-order valence-electron chi connectivity index (χ3n) is 4.18. The molecule has 0 aromatic heterocycles.